The molecule has 8 heteroatoms. The van der Waals surface area contributed by atoms with E-state index in [1.807, 2.05) is 4.90 Å². The second kappa shape index (κ2) is 8.94. The molecule has 0 radical (unpaired) electrons. The number of aromatic nitrogens is 1. The van der Waals surface area contributed by atoms with E-state index in [0.29, 0.717) is 24.1 Å². The molecule has 0 spiro atoms. The first kappa shape index (κ1) is 19.3. The van der Waals surface area contributed by atoms with Crippen molar-refractivity contribution in [3.05, 3.63) is 29.6 Å². The number of carbonyl (C=O) groups excluding carboxylic acids is 2. The third-order valence-corrected chi connectivity index (χ3v) is 5.29. The van der Waals surface area contributed by atoms with E-state index in [2.05, 4.69) is 9.88 Å². The lowest BCUT2D eigenvalue weighted by Gasteiger charge is -2.30. The van der Waals surface area contributed by atoms with Crippen molar-refractivity contribution in [2.75, 3.05) is 32.7 Å². The van der Waals surface area contributed by atoms with Crippen LogP contribution in [0.3, 0.4) is 0 Å². The Kier molecular flexibility index (Phi) is 6.39. The van der Waals surface area contributed by atoms with Gasteiger partial charge in [0.25, 0.3) is 0 Å². The second-order valence-electron chi connectivity index (χ2n) is 7.23. The number of hydrogen-bond acceptors (Lipinski definition) is 5. The number of nitrogens with zero attached hydrogens (tertiary/aromatic N) is 4. The van der Waals surface area contributed by atoms with Gasteiger partial charge in [0.05, 0.1) is 12.2 Å². The summed E-state index contributed by atoms with van der Waals surface area (Å²) in [5, 5.41) is 9.50. The molecule has 2 aliphatic heterocycles. The highest BCUT2D eigenvalue weighted by atomic mass is 16.4. The molecule has 2 saturated heterocycles. The predicted octanol–water partition coefficient (Wildman–Crippen LogP) is 1.46. The maximum absolute atomic E-state index is 12.8. The van der Waals surface area contributed by atoms with Crippen molar-refractivity contribution in [2.24, 2.45) is 0 Å². The zero-order chi connectivity index (χ0) is 19.2. The molecule has 0 saturated carbocycles. The minimum absolute atomic E-state index is 0.0205. The zero-order valence-corrected chi connectivity index (χ0v) is 15.4. The number of hydrogen-bond donors (Lipinski definition) is 1. The van der Waals surface area contributed by atoms with Crippen LogP contribution < -0.4 is 0 Å². The van der Waals surface area contributed by atoms with Crippen LogP contribution in [0, 0.1) is 0 Å². The molecule has 3 heterocycles. The lowest BCUT2D eigenvalue weighted by Crippen LogP contribution is -2.47. The average Bonchev–Trinajstić information content (AvgIpc) is 3.33. The fourth-order valence-corrected chi connectivity index (χ4v) is 3.91. The topological polar surface area (TPSA) is 94.1 Å². The van der Waals surface area contributed by atoms with Crippen molar-refractivity contribution in [3.63, 3.8) is 0 Å². The van der Waals surface area contributed by atoms with Gasteiger partial charge in [0, 0.05) is 30.9 Å². The Morgan fingerprint density at radius 2 is 2.04 bits per heavy atom. The van der Waals surface area contributed by atoms with Crippen molar-refractivity contribution in [1.29, 1.82) is 0 Å². The largest absolute Gasteiger partial charge is 0.465 e. The number of rotatable bonds is 7. The Morgan fingerprint density at radius 1 is 1.26 bits per heavy atom. The number of amides is 2. The molecule has 1 aromatic heterocycles. The number of pyridine rings is 1. The van der Waals surface area contributed by atoms with E-state index in [1.54, 1.807) is 12.1 Å². The summed E-state index contributed by atoms with van der Waals surface area (Å²) >= 11 is 0. The smallest absolute Gasteiger partial charge is 0.408 e. The summed E-state index contributed by atoms with van der Waals surface area (Å²) in [5.41, 5.74) is 0.881. The Labute approximate surface area is 158 Å². The van der Waals surface area contributed by atoms with Crippen LogP contribution in [0.1, 0.15) is 41.7 Å². The Morgan fingerprint density at radius 3 is 2.74 bits per heavy atom. The molecule has 0 aromatic carbocycles. The molecule has 146 valence electrons. The molecule has 2 aliphatic rings. The van der Waals surface area contributed by atoms with E-state index in [4.69, 9.17) is 0 Å². The quantitative estimate of drug-likeness (QED) is 0.726. The fourth-order valence-electron chi connectivity index (χ4n) is 3.91. The Balaban J connectivity index is 1.61. The van der Waals surface area contributed by atoms with Gasteiger partial charge < -0.3 is 14.9 Å². The van der Waals surface area contributed by atoms with Crippen LogP contribution in [0.4, 0.5) is 4.79 Å². The third-order valence-electron chi connectivity index (χ3n) is 5.29. The average molecular weight is 374 g/mol. The summed E-state index contributed by atoms with van der Waals surface area (Å²) in [6, 6.07) is 3.27. The van der Waals surface area contributed by atoms with Crippen LogP contribution in [-0.4, -0.2) is 81.8 Å². The molecule has 3 rings (SSSR count). The van der Waals surface area contributed by atoms with Crippen LogP contribution >= 0.6 is 0 Å². The van der Waals surface area contributed by atoms with E-state index in [0.717, 1.165) is 37.4 Å². The monoisotopic (exact) mass is 374 g/mol. The first-order chi connectivity index (χ1) is 13.1. The summed E-state index contributed by atoms with van der Waals surface area (Å²) < 4.78 is 0. The molecular weight excluding hydrogens is 348 g/mol. The highest BCUT2D eigenvalue weighted by molar-refractivity contribution is 5.82. The van der Waals surface area contributed by atoms with Gasteiger partial charge >= 0.3 is 6.09 Å². The van der Waals surface area contributed by atoms with E-state index >= 15 is 0 Å². The summed E-state index contributed by atoms with van der Waals surface area (Å²) in [7, 11) is 0. The van der Waals surface area contributed by atoms with E-state index in [9.17, 15) is 19.5 Å². The summed E-state index contributed by atoms with van der Waals surface area (Å²) in [6.45, 7) is 3.51. The van der Waals surface area contributed by atoms with Gasteiger partial charge in [-0.3, -0.25) is 19.5 Å². The van der Waals surface area contributed by atoms with Gasteiger partial charge in [-0.25, -0.2) is 4.79 Å². The fraction of sp³-hybridized carbons (Fsp3) is 0.579. The molecule has 0 unspecified atom stereocenters. The van der Waals surface area contributed by atoms with Gasteiger partial charge in [0.2, 0.25) is 5.91 Å². The minimum Gasteiger partial charge on any atom is -0.465 e. The van der Waals surface area contributed by atoms with Gasteiger partial charge in [0.1, 0.15) is 12.8 Å². The van der Waals surface area contributed by atoms with E-state index < -0.39 is 6.09 Å². The standard InChI is InChI=1S/C19H26N4O4/c24-14-15-5-6-20-16(10-15)11-22(19(26)27)13-18(25)23-9-3-4-17(23)12-21-7-1-2-8-21/h5-6,10,14,17H,1-4,7-9,11-13H2,(H,26,27)/t17-/m1/s1. The van der Waals surface area contributed by atoms with Crippen LogP contribution in [0.15, 0.2) is 18.3 Å². The van der Waals surface area contributed by atoms with Gasteiger partial charge in [-0.05, 0) is 50.9 Å². The van der Waals surface area contributed by atoms with E-state index in [-0.39, 0.29) is 25.0 Å². The molecular formula is C19H26N4O4. The van der Waals surface area contributed by atoms with Crippen molar-refractivity contribution >= 4 is 18.3 Å². The van der Waals surface area contributed by atoms with Crippen molar-refractivity contribution in [2.45, 2.75) is 38.3 Å². The van der Waals surface area contributed by atoms with Crippen LogP contribution in [0.25, 0.3) is 0 Å². The summed E-state index contributed by atoms with van der Waals surface area (Å²) in [6.07, 6.45) is 5.33. The molecule has 8 nitrogen and oxygen atoms in total. The van der Waals surface area contributed by atoms with Gasteiger partial charge in [-0.1, -0.05) is 0 Å². The first-order valence-electron chi connectivity index (χ1n) is 9.46. The van der Waals surface area contributed by atoms with Crippen molar-refractivity contribution in [3.8, 4) is 0 Å². The highest BCUT2D eigenvalue weighted by Crippen LogP contribution is 2.21. The number of aldehydes is 1. The molecule has 1 N–H and O–H groups in total. The number of likely N-dealkylation sites (tertiary alicyclic amines) is 2. The maximum atomic E-state index is 12.8. The third kappa shape index (κ3) is 5.03. The maximum Gasteiger partial charge on any atom is 0.408 e. The molecule has 27 heavy (non-hydrogen) atoms. The van der Waals surface area contributed by atoms with Gasteiger partial charge in [-0.15, -0.1) is 0 Å². The molecule has 0 bridgehead atoms. The zero-order valence-electron chi connectivity index (χ0n) is 15.4. The molecule has 2 amide bonds. The molecule has 2 fully saturated rings. The number of carboxylic acid groups (broad SMARTS) is 1. The SMILES string of the molecule is O=Cc1ccnc(CN(CC(=O)N2CCC[C@@H]2CN2CCCC2)C(=O)O)c1. The van der Waals surface area contributed by atoms with Crippen LogP contribution in [-0.2, 0) is 11.3 Å². The molecule has 1 aromatic rings. The van der Waals surface area contributed by atoms with E-state index in [1.165, 1.54) is 19.0 Å². The lowest BCUT2D eigenvalue weighted by atomic mass is 10.2. The van der Waals surface area contributed by atoms with Crippen molar-refractivity contribution in [1.82, 2.24) is 19.7 Å². The number of carbonyl (C=O) groups is 3. The minimum atomic E-state index is -1.17. The molecule has 0 aliphatic carbocycles. The normalized spacial score (nSPS) is 20.0. The summed E-state index contributed by atoms with van der Waals surface area (Å²) in [5.74, 6) is -0.161. The Hall–Kier alpha value is -2.48. The van der Waals surface area contributed by atoms with Gasteiger partial charge in [-0.2, -0.15) is 0 Å². The second-order valence-corrected chi connectivity index (χ2v) is 7.23. The highest BCUT2D eigenvalue weighted by Gasteiger charge is 2.32. The van der Waals surface area contributed by atoms with Crippen LogP contribution in [0.5, 0.6) is 0 Å². The summed E-state index contributed by atoms with van der Waals surface area (Å²) in [4.78, 5) is 44.7. The first-order valence-corrected chi connectivity index (χ1v) is 9.46. The van der Waals surface area contributed by atoms with Gasteiger partial charge in [0.15, 0.2) is 0 Å². The molecule has 1 atom stereocenters. The van der Waals surface area contributed by atoms with Crippen LogP contribution in [0.2, 0.25) is 0 Å². The van der Waals surface area contributed by atoms with Crippen molar-refractivity contribution < 1.29 is 19.5 Å². The lowest BCUT2D eigenvalue weighted by molar-refractivity contribution is -0.133. The predicted molar refractivity (Wildman–Crippen MR) is 98.5 cm³/mol. The Bertz CT molecular complexity index is 690.